The largest absolute Gasteiger partial charge is 0.102 e. The van der Waals surface area contributed by atoms with Crippen molar-refractivity contribution in [2.75, 3.05) is 0 Å². The van der Waals surface area contributed by atoms with E-state index in [1.807, 2.05) is 18.2 Å². The molecule has 0 aliphatic heterocycles. The van der Waals surface area contributed by atoms with Gasteiger partial charge in [-0.1, -0.05) is 92.6 Å². The molecule has 82 valence electrons. The lowest BCUT2D eigenvalue weighted by molar-refractivity contribution is 1.02. The van der Waals surface area contributed by atoms with Gasteiger partial charge in [0.2, 0.25) is 0 Å². The van der Waals surface area contributed by atoms with Gasteiger partial charge >= 0.3 is 0 Å². The summed E-state index contributed by atoms with van der Waals surface area (Å²) in [6.07, 6.45) is 11.7. The minimum atomic E-state index is -0.0515. The van der Waals surface area contributed by atoms with Crippen LogP contribution >= 0.6 is 31.9 Å². The highest BCUT2D eigenvalue weighted by Gasteiger charge is 2.19. The Morgan fingerprint density at radius 2 is 1.81 bits per heavy atom. The van der Waals surface area contributed by atoms with Crippen LogP contribution in [0.4, 0.5) is 0 Å². The first-order chi connectivity index (χ1) is 7.66. The van der Waals surface area contributed by atoms with Crippen LogP contribution in [0.15, 0.2) is 60.2 Å². The third-order valence-electron chi connectivity index (χ3n) is 2.40. The number of rotatable bonds is 2. The molecule has 0 aromatic heterocycles. The van der Waals surface area contributed by atoms with E-state index in [-0.39, 0.29) is 3.23 Å². The molecule has 0 radical (unpaired) electrons. The third-order valence-corrected chi connectivity index (χ3v) is 3.57. The van der Waals surface area contributed by atoms with Gasteiger partial charge in [0, 0.05) is 0 Å². The lowest BCUT2D eigenvalue weighted by atomic mass is 10.1. The first-order valence-corrected chi connectivity index (χ1v) is 6.75. The fourth-order valence-electron chi connectivity index (χ4n) is 1.49. The molecule has 0 spiro atoms. The fraction of sp³-hybridized carbons (Fsp3) is 0.143. The Labute approximate surface area is 113 Å². The summed E-state index contributed by atoms with van der Waals surface area (Å²) in [6.45, 7) is 0. The molecule has 2 heteroatoms. The molecule has 1 aromatic carbocycles. The zero-order chi connectivity index (χ0) is 11.4. The van der Waals surface area contributed by atoms with Crippen LogP contribution in [-0.2, 0) is 0 Å². The van der Waals surface area contributed by atoms with Gasteiger partial charge in [-0.2, -0.15) is 0 Å². The van der Waals surface area contributed by atoms with Crippen molar-refractivity contribution < 1.29 is 0 Å². The second-order valence-electron chi connectivity index (χ2n) is 3.75. The van der Waals surface area contributed by atoms with Gasteiger partial charge in [-0.15, -0.1) is 0 Å². The molecule has 0 saturated heterocycles. The topological polar surface area (TPSA) is 0 Å². The lowest BCUT2D eigenvalue weighted by Crippen LogP contribution is -2.07. The monoisotopic (exact) mass is 338 g/mol. The molecule has 0 N–H and O–H groups in total. The van der Waals surface area contributed by atoms with Crippen LogP contribution in [-0.4, -0.2) is 3.23 Å². The van der Waals surface area contributed by atoms with Crippen molar-refractivity contribution in [2.45, 2.75) is 9.65 Å². The number of hydrogen-bond acceptors (Lipinski definition) is 0. The summed E-state index contributed by atoms with van der Waals surface area (Å²) in [5, 5.41) is 0. The van der Waals surface area contributed by atoms with E-state index in [0.717, 1.165) is 6.42 Å². The van der Waals surface area contributed by atoms with Gasteiger partial charge in [-0.25, -0.2) is 0 Å². The maximum absolute atomic E-state index is 3.58. The molecule has 0 unspecified atom stereocenters. The summed E-state index contributed by atoms with van der Waals surface area (Å²) in [5.41, 5.74) is 2.48. The minimum absolute atomic E-state index is 0.0515. The second kappa shape index (κ2) is 5.15. The van der Waals surface area contributed by atoms with Gasteiger partial charge in [0.15, 0.2) is 0 Å². The van der Waals surface area contributed by atoms with E-state index < -0.39 is 0 Å². The Bertz CT molecular complexity index is 439. The van der Waals surface area contributed by atoms with Crippen molar-refractivity contribution in [3.8, 4) is 0 Å². The average Bonchev–Trinajstić information content (AvgIpc) is 2.29. The van der Waals surface area contributed by atoms with E-state index in [4.69, 9.17) is 0 Å². The summed E-state index contributed by atoms with van der Waals surface area (Å²) in [7, 11) is 0. The molecule has 0 atom stereocenters. The van der Waals surface area contributed by atoms with E-state index in [1.54, 1.807) is 0 Å². The van der Waals surface area contributed by atoms with Crippen molar-refractivity contribution in [3.05, 3.63) is 65.8 Å². The molecule has 1 aromatic rings. The van der Waals surface area contributed by atoms with Crippen molar-refractivity contribution in [1.29, 1.82) is 0 Å². The van der Waals surface area contributed by atoms with Crippen LogP contribution in [0.2, 0.25) is 0 Å². The molecule has 1 aliphatic carbocycles. The summed E-state index contributed by atoms with van der Waals surface area (Å²) in [5.74, 6) is 0. The minimum Gasteiger partial charge on any atom is -0.0747 e. The summed E-state index contributed by atoms with van der Waals surface area (Å²) in [6, 6.07) is 10.3. The Kier molecular flexibility index (Phi) is 3.82. The van der Waals surface area contributed by atoms with Crippen LogP contribution < -0.4 is 0 Å². The lowest BCUT2D eigenvalue weighted by Gasteiger charge is -2.17. The van der Waals surface area contributed by atoms with Crippen LogP contribution in [0.3, 0.4) is 0 Å². The quantitative estimate of drug-likeness (QED) is 0.660. The zero-order valence-corrected chi connectivity index (χ0v) is 11.9. The van der Waals surface area contributed by atoms with E-state index in [2.05, 4.69) is 74.4 Å². The van der Waals surface area contributed by atoms with Gasteiger partial charge in [0.1, 0.15) is 3.23 Å². The highest BCUT2D eigenvalue weighted by Crippen LogP contribution is 2.35. The first-order valence-electron chi connectivity index (χ1n) is 5.16. The van der Waals surface area contributed by atoms with Gasteiger partial charge in [-0.3, -0.25) is 0 Å². The Balaban J connectivity index is 2.05. The smallest absolute Gasteiger partial charge is 0.0747 e. The van der Waals surface area contributed by atoms with Crippen LogP contribution in [0.25, 0.3) is 6.08 Å². The van der Waals surface area contributed by atoms with Crippen molar-refractivity contribution in [3.63, 3.8) is 0 Å². The highest BCUT2D eigenvalue weighted by molar-refractivity contribution is 9.25. The average molecular weight is 340 g/mol. The molecule has 0 saturated carbocycles. The van der Waals surface area contributed by atoms with E-state index in [1.165, 1.54) is 11.1 Å². The molecular weight excluding hydrogens is 328 g/mol. The van der Waals surface area contributed by atoms with Crippen LogP contribution in [0.1, 0.15) is 12.0 Å². The number of allylic oxidation sites excluding steroid dienone is 5. The molecule has 0 nitrogen and oxygen atoms in total. The highest BCUT2D eigenvalue weighted by atomic mass is 79.9. The normalized spacial score (nSPS) is 18.8. The van der Waals surface area contributed by atoms with Gasteiger partial charge in [0.25, 0.3) is 0 Å². The predicted molar refractivity (Wildman–Crippen MR) is 77.9 cm³/mol. The zero-order valence-electron chi connectivity index (χ0n) is 8.74. The molecule has 16 heavy (non-hydrogen) atoms. The summed E-state index contributed by atoms with van der Waals surface area (Å²) >= 11 is 7.15. The first kappa shape index (κ1) is 11.9. The van der Waals surface area contributed by atoms with Crippen molar-refractivity contribution in [1.82, 2.24) is 0 Å². The molecule has 0 fully saturated rings. The fourth-order valence-corrected chi connectivity index (χ4v) is 2.08. The maximum atomic E-state index is 3.58. The van der Waals surface area contributed by atoms with Gasteiger partial charge in [-0.05, 0) is 17.6 Å². The standard InChI is InChI=1S/C14H12Br2/c15-14(16)10-8-13(9-11-14)7-6-12-4-2-1-3-5-12/h1-10H,11H2/b7-6+. The summed E-state index contributed by atoms with van der Waals surface area (Å²) < 4.78 is -0.0515. The van der Waals surface area contributed by atoms with Crippen LogP contribution in [0, 0.1) is 0 Å². The maximum Gasteiger partial charge on any atom is 0.102 e. The number of alkyl halides is 2. The van der Waals surface area contributed by atoms with Crippen LogP contribution in [0.5, 0.6) is 0 Å². The molecule has 1 aliphatic rings. The third kappa shape index (κ3) is 3.46. The number of halogens is 2. The molecular formula is C14H12Br2. The predicted octanol–water partition coefficient (Wildman–Crippen LogP) is 5.07. The molecule has 2 rings (SSSR count). The molecule has 0 amide bonds. The van der Waals surface area contributed by atoms with E-state index in [0.29, 0.717) is 0 Å². The van der Waals surface area contributed by atoms with E-state index in [9.17, 15) is 0 Å². The number of hydrogen-bond donors (Lipinski definition) is 0. The van der Waals surface area contributed by atoms with Crippen molar-refractivity contribution in [2.24, 2.45) is 0 Å². The summed E-state index contributed by atoms with van der Waals surface area (Å²) in [4.78, 5) is 0. The van der Waals surface area contributed by atoms with E-state index >= 15 is 0 Å². The molecule has 0 bridgehead atoms. The molecule has 0 heterocycles. The van der Waals surface area contributed by atoms with Gasteiger partial charge in [0.05, 0.1) is 0 Å². The Morgan fingerprint density at radius 1 is 1.06 bits per heavy atom. The second-order valence-corrected chi connectivity index (χ2v) is 7.64. The Morgan fingerprint density at radius 3 is 2.44 bits per heavy atom. The van der Waals surface area contributed by atoms with Crippen molar-refractivity contribution >= 4 is 37.9 Å². The number of benzene rings is 1. The Hall–Kier alpha value is -0.600. The SMILES string of the molecule is BrC1(Br)C=CC(/C=C/c2ccccc2)=CC1. The van der Waals surface area contributed by atoms with Gasteiger partial charge < -0.3 is 0 Å².